The average molecular weight is 487 g/mol. The first kappa shape index (κ1) is 24.3. The van der Waals surface area contributed by atoms with Gasteiger partial charge >= 0.3 is 11.9 Å². The minimum absolute atomic E-state index is 0.0666. The van der Waals surface area contributed by atoms with Crippen molar-refractivity contribution in [2.75, 3.05) is 0 Å². The van der Waals surface area contributed by atoms with E-state index >= 15 is 0 Å². The fraction of sp³-hybridized carbons (Fsp3) is 0.179. The molecule has 1 aromatic heterocycles. The number of carboxylic acid groups (broad SMARTS) is 2. The zero-order chi connectivity index (χ0) is 24.8. The second-order valence-electron chi connectivity index (χ2n) is 8.14. The van der Waals surface area contributed by atoms with Crippen LogP contribution < -0.4 is 0 Å². The van der Waals surface area contributed by atoms with Crippen molar-refractivity contribution in [1.29, 1.82) is 0 Å². The Morgan fingerprint density at radius 3 is 2.23 bits per heavy atom. The molecule has 1 heterocycles. The van der Waals surface area contributed by atoms with Gasteiger partial charge in [-0.1, -0.05) is 85.8 Å². The average Bonchev–Trinajstić information content (AvgIpc) is 3.20. The predicted octanol–water partition coefficient (Wildman–Crippen LogP) is 6.49. The fourth-order valence-electron chi connectivity index (χ4n) is 3.91. The lowest BCUT2D eigenvalue weighted by molar-refractivity contribution is 0.0680. The van der Waals surface area contributed by atoms with E-state index in [1.54, 1.807) is 18.2 Å². The molecule has 7 heteroatoms. The number of hydrogen-bond acceptors (Lipinski definition) is 4. The Balaban J connectivity index is 1.71. The lowest BCUT2D eigenvalue weighted by atomic mass is 9.99. The zero-order valence-electron chi connectivity index (χ0n) is 19.3. The van der Waals surface area contributed by atoms with Crippen molar-refractivity contribution in [3.63, 3.8) is 0 Å². The molecule has 0 aliphatic carbocycles. The van der Waals surface area contributed by atoms with Gasteiger partial charge in [0.25, 0.3) is 0 Å². The summed E-state index contributed by atoms with van der Waals surface area (Å²) in [5.41, 5.74) is 2.77. The molecule has 178 valence electrons. The Kier molecular flexibility index (Phi) is 7.67. The highest BCUT2D eigenvalue weighted by Crippen LogP contribution is 2.33. The van der Waals surface area contributed by atoms with Crippen molar-refractivity contribution < 1.29 is 19.8 Å². The molecule has 0 aliphatic rings. The first-order chi connectivity index (χ1) is 17.0. The first-order valence-electron chi connectivity index (χ1n) is 11.4. The van der Waals surface area contributed by atoms with Gasteiger partial charge < -0.3 is 14.8 Å². The topological polar surface area (TPSA) is 92.4 Å². The van der Waals surface area contributed by atoms with Crippen molar-refractivity contribution in [3.8, 4) is 11.1 Å². The van der Waals surface area contributed by atoms with Crippen LogP contribution in [0.15, 0.2) is 88.8 Å². The van der Waals surface area contributed by atoms with Crippen LogP contribution in [0.2, 0.25) is 0 Å². The van der Waals surface area contributed by atoms with Crippen LogP contribution >= 0.6 is 11.8 Å². The van der Waals surface area contributed by atoms with E-state index in [2.05, 4.69) is 11.9 Å². The van der Waals surface area contributed by atoms with E-state index in [1.165, 1.54) is 11.8 Å². The zero-order valence-corrected chi connectivity index (χ0v) is 20.2. The van der Waals surface area contributed by atoms with Gasteiger partial charge in [0.15, 0.2) is 5.69 Å². The summed E-state index contributed by atoms with van der Waals surface area (Å²) in [5.74, 6) is -1.25. The van der Waals surface area contributed by atoms with Gasteiger partial charge in [0.05, 0.1) is 5.56 Å². The molecule has 0 bridgehead atoms. The van der Waals surface area contributed by atoms with Crippen molar-refractivity contribution in [3.05, 3.63) is 102 Å². The molecule has 6 nitrogen and oxygen atoms in total. The van der Waals surface area contributed by atoms with E-state index in [0.717, 1.165) is 34.7 Å². The lowest BCUT2D eigenvalue weighted by Gasteiger charge is -2.13. The number of aromatic carboxylic acids is 2. The molecule has 3 aromatic carbocycles. The molecule has 0 saturated carbocycles. The van der Waals surface area contributed by atoms with Crippen molar-refractivity contribution in [2.45, 2.75) is 42.7 Å². The lowest BCUT2D eigenvalue weighted by Crippen LogP contribution is -2.07. The minimum Gasteiger partial charge on any atom is -0.478 e. The molecular formula is C28H26N2O4S. The number of benzene rings is 3. The Labute approximate surface area is 208 Å². The summed E-state index contributed by atoms with van der Waals surface area (Å²) in [6, 6.07) is 24.3. The second kappa shape index (κ2) is 11.1. The monoisotopic (exact) mass is 486 g/mol. The normalized spacial score (nSPS) is 10.9. The van der Waals surface area contributed by atoms with Crippen LogP contribution in [0.25, 0.3) is 11.1 Å². The van der Waals surface area contributed by atoms with E-state index in [9.17, 15) is 19.8 Å². The van der Waals surface area contributed by atoms with E-state index in [1.807, 2.05) is 65.2 Å². The quantitative estimate of drug-likeness (QED) is 0.266. The number of carboxylic acids is 2. The number of hydrogen-bond donors (Lipinski definition) is 2. The van der Waals surface area contributed by atoms with Gasteiger partial charge in [0, 0.05) is 17.9 Å². The number of nitrogens with zero attached hydrogens (tertiary/aromatic N) is 2. The van der Waals surface area contributed by atoms with E-state index < -0.39 is 11.9 Å². The second-order valence-corrected chi connectivity index (χ2v) is 9.20. The van der Waals surface area contributed by atoms with Crippen molar-refractivity contribution in [1.82, 2.24) is 9.55 Å². The summed E-state index contributed by atoms with van der Waals surface area (Å²) in [6.07, 6.45) is 2.58. The van der Waals surface area contributed by atoms with Gasteiger partial charge in [0.2, 0.25) is 0 Å². The summed E-state index contributed by atoms with van der Waals surface area (Å²) < 4.78 is 2.00. The van der Waals surface area contributed by atoms with Gasteiger partial charge in [-0.15, -0.1) is 0 Å². The van der Waals surface area contributed by atoms with Gasteiger partial charge in [-0.25, -0.2) is 14.6 Å². The smallest absolute Gasteiger partial charge is 0.357 e. The standard InChI is InChI=1S/C28H26N2O4S/c1-2-3-13-24-29-25(28(33)34)26(35-21-9-5-4-6-10-21)30(24)18-19-14-16-20(17-15-19)22-11-7-8-12-23(22)27(31)32/h4-12,14-17H,2-3,13,18H2,1H3,(H,31,32)(H,33,34). The van der Waals surface area contributed by atoms with Crippen molar-refractivity contribution >= 4 is 23.7 Å². The summed E-state index contributed by atoms with van der Waals surface area (Å²) >= 11 is 1.40. The van der Waals surface area contributed by atoms with Gasteiger partial charge in [0.1, 0.15) is 10.9 Å². The Bertz CT molecular complexity index is 1330. The molecule has 35 heavy (non-hydrogen) atoms. The molecular weight excluding hydrogens is 460 g/mol. The SMILES string of the molecule is CCCCc1nc(C(=O)O)c(Sc2ccccc2)n1Cc1ccc(-c2ccccc2C(=O)O)cc1. The molecule has 0 unspecified atom stereocenters. The molecule has 4 rings (SSSR count). The maximum absolute atomic E-state index is 12.1. The number of carbonyl (C=O) groups is 2. The van der Waals surface area contributed by atoms with Crippen molar-refractivity contribution in [2.24, 2.45) is 0 Å². The molecule has 0 aliphatic heterocycles. The van der Waals surface area contributed by atoms with Crippen LogP contribution in [0.3, 0.4) is 0 Å². The number of aryl methyl sites for hydroxylation is 1. The summed E-state index contributed by atoms with van der Waals surface area (Å²) in [7, 11) is 0. The van der Waals surface area contributed by atoms with E-state index in [4.69, 9.17) is 0 Å². The fourth-order valence-corrected chi connectivity index (χ4v) is 4.93. The third-order valence-corrected chi connectivity index (χ3v) is 6.79. The third-order valence-electron chi connectivity index (χ3n) is 5.68. The molecule has 0 radical (unpaired) electrons. The summed E-state index contributed by atoms with van der Waals surface area (Å²) in [5, 5.41) is 20.0. The highest BCUT2D eigenvalue weighted by atomic mass is 32.2. The number of imidazole rings is 1. The van der Waals surface area contributed by atoms with Gasteiger partial charge in [-0.2, -0.15) is 0 Å². The molecule has 0 saturated heterocycles. The van der Waals surface area contributed by atoms with Gasteiger partial charge in [-0.05, 0) is 41.3 Å². The maximum atomic E-state index is 12.1. The maximum Gasteiger partial charge on any atom is 0.357 e. The molecule has 4 aromatic rings. The highest BCUT2D eigenvalue weighted by molar-refractivity contribution is 7.99. The van der Waals surface area contributed by atoms with Crippen LogP contribution in [0.4, 0.5) is 0 Å². The molecule has 0 fully saturated rings. The van der Waals surface area contributed by atoms with E-state index in [0.29, 0.717) is 23.6 Å². The van der Waals surface area contributed by atoms with Crippen LogP contribution in [0, 0.1) is 0 Å². The Morgan fingerprint density at radius 2 is 1.57 bits per heavy atom. The summed E-state index contributed by atoms with van der Waals surface area (Å²) in [6.45, 7) is 2.56. The number of rotatable bonds is 10. The number of unbranched alkanes of at least 4 members (excludes halogenated alkanes) is 1. The largest absolute Gasteiger partial charge is 0.478 e. The van der Waals surface area contributed by atoms with Crippen LogP contribution in [0.1, 0.15) is 52.0 Å². The molecule has 2 N–H and O–H groups in total. The molecule has 0 amide bonds. The molecule has 0 spiro atoms. The van der Waals surface area contributed by atoms with Crippen LogP contribution in [-0.2, 0) is 13.0 Å². The predicted molar refractivity (Wildman–Crippen MR) is 136 cm³/mol. The van der Waals surface area contributed by atoms with Gasteiger partial charge in [-0.3, -0.25) is 0 Å². The highest BCUT2D eigenvalue weighted by Gasteiger charge is 2.23. The molecule has 0 atom stereocenters. The van der Waals surface area contributed by atoms with Crippen LogP contribution in [0.5, 0.6) is 0 Å². The van der Waals surface area contributed by atoms with E-state index in [-0.39, 0.29) is 11.3 Å². The van der Waals surface area contributed by atoms with Crippen LogP contribution in [-0.4, -0.2) is 31.7 Å². The summed E-state index contributed by atoms with van der Waals surface area (Å²) in [4.78, 5) is 29.1. The Morgan fingerprint density at radius 1 is 0.886 bits per heavy atom. The third kappa shape index (κ3) is 5.63. The Hall–Kier alpha value is -3.84. The minimum atomic E-state index is -1.04. The number of aromatic nitrogens is 2. The first-order valence-corrected chi connectivity index (χ1v) is 12.3.